The van der Waals surface area contributed by atoms with E-state index in [4.69, 9.17) is 14.0 Å². The van der Waals surface area contributed by atoms with E-state index in [0.717, 1.165) is 53.7 Å². The molecule has 6 rings (SSSR count). The van der Waals surface area contributed by atoms with Crippen LogP contribution in [0.3, 0.4) is 0 Å². The van der Waals surface area contributed by atoms with Gasteiger partial charge in [-0.2, -0.15) is 9.97 Å². The Morgan fingerprint density at radius 1 is 1.04 bits per heavy atom. The Morgan fingerprint density at radius 3 is 2.51 bits per heavy atom. The molecule has 0 saturated carbocycles. The van der Waals surface area contributed by atoms with Gasteiger partial charge >= 0.3 is 6.09 Å². The van der Waals surface area contributed by atoms with E-state index in [1.807, 2.05) is 57.2 Å². The summed E-state index contributed by atoms with van der Waals surface area (Å²) in [6, 6.07) is 17.7. The lowest BCUT2D eigenvalue weighted by molar-refractivity contribution is 0.147. The van der Waals surface area contributed by atoms with Crippen LogP contribution in [-0.2, 0) is 6.54 Å². The van der Waals surface area contributed by atoms with Crippen molar-refractivity contribution >= 4 is 23.5 Å². The zero-order valence-corrected chi connectivity index (χ0v) is 28.4. The van der Waals surface area contributed by atoms with Crippen LogP contribution in [-0.4, -0.2) is 57.8 Å². The predicted molar refractivity (Wildman–Crippen MR) is 185 cm³/mol. The molecular weight excluding hydrogens is 625 g/mol. The topological polar surface area (TPSA) is 119 Å². The molecule has 5 aromatic rings. The smallest absolute Gasteiger partial charge is 0.421 e. The number of nitrogens with zero attached hydrogens (tertiary/aromatic N) is 6. The van der Waals surface area contributed by atoms with Gasteiger partial charge in [-0.3, -0.25) is 4.90 Å². The van der Waals surface area contributed by atoms with Crippen LogP contribution < -0.4 is 19.7 Å². The number of nitrogens with one attached hydrogen (secondary N) is 1. The molecule has 0 spiro atoms. The number of halogens is 1. The zero-order chi connectivity index (χ0) is 34.5. The summed E-state index contributed by atoms with van der Waals surface area (Å²) >= 11 is 0. The van der Waals surface area contributed by atoms with Crippen molar-refractivity contribution in [1.29, 1.82) is 0 Å². The Labute approximate surface area is 285 Å². The average Bonchev–Trinajstić information content (AvgIpc) is 3.51. The first-order chi connectivity index (χ1) is 23.6. The van der Waals surface area contributed by atoms with Crippen molar-refractivity contribution in [3.63, 3.8) is 0 Å². The number of likely N-dealkylation sites (tertiary alicyclic amines) is 1. The maximum atomic E-state index is 15.1. The lowest BCUT2D eigenvalue weighted by Crippen LogP contribution is -2.34. The molecule has 49 heavy (non-hydrogen) atoms. The Balaban J connectivity index is 1.21. The quantitative estimate of drug-likeness (QED) is 0.160. The highest BCUT2D eigenvalue weighted by atomic mass is 19.1. The third kappa shape index (κ3) is 8.39. The van der Waals surface area contributed by atoms with Gasteiger partial charge in [0.15, 0.2) is 11.6 Å². The van der Waals surface area contributed by atoms with Crippen molar-refractivity contribution in [2.45, 2.75) is 47.1 Å². The Hall–Kier alpha value is -5.36. The van der Waals surface area contributed by atoms with Crippen LogP contribution in [0.5, 0.6) is 11.5 Å². The van der Waals surface area contributed by atoms with Gasteiger partial charge in [-0.15, -0.1) is 0 Å². The van der Waals surface area contributed by atoms with Gasteiger partial charge in [-0.1, -0.05) is 47.1 Å². The van der Waals surface area contributed by atoms with Crippen molar-refractivity contribution < 1.29 is 23.2 Å². The molecule has 0 bridgehead atoms. The molecule has 2 aromatic heterocycles. The molecule has 1 atom stereocenters. The second-order valence-electron chi connectivity index (χ2n) is 12.6. The molecule has 1 fully saturated rings. The molecule has 254 valence electrons. The zero-order valence-electron chi connectivity index (χ0n) is 28.4. The molecule has 12 heteroatoms. The van der Waals surface area contributed by atoms with E-state index in [1.54, 1.807) is 25.1 Å². The van der Waals surface area contributed by atoms with Crippen LogP contribution in [0.15, 0.2) is 71.4 Å². The number of hydrogen-bond acceptors (Lipinski definition) is 10. The lowest BCUT2D eigenvalue weighted by atomic mass is 10.00. The summed E-state index contributed by atoms with van der Waals surface area (Å²) in [5.41, 5.74) is 4.78. The molecule has 1 aliphatic heterocycles. The molecule has 3 aromatic carbocycles. The minimum Gasteiger partial charge on any atom is -0.490 e. The number of hydrogen-bond donors (Lipinski definition) is 1. The Morgan fingerprint density at radius 2 is 1.82 bits per heavy atom. The van der Waals surface area contributed by atoms with Crippen LogP contribution in [0.4, 0.5) is 26.6 Å². The van der Waals surface area contributed by atoms with Crippen LogP contribution >= 0.6 is 0 Å². The molecule has 1 unspecified atom stereocenters. The van der Waals surface area contributed by atoms with E-state index in [2.05, 4.69) is 37.4 Å². The number of anilines is 3. The highest BCUT2D eigenvalue weighted by Crippen LogP contribution is 2.29. The van der Waals surface area contributed by atoms with Gasteiger partial charge in [0.2, 0.25) is 17.7 Å². The van der Waals surface area contributed by atoms with Gasteiger partial charge in [-0.25, -0.2) is 14.2 Å². The summed E-state index contributed by atoms with van der Waals surface area (Å²) in [4.78, 5) is 30.8. The van der Waals surface area contributed by atoms with E-state index in [0.29, 0.717) is 41.5 Å². The van der Waals surface area contributed by atoms with Gasteiger partial charge in [0.05, 0.1) is 13.2 Å². The highest BCUT2D eigenvalue weighted by Gasteiger charge is 2.23. The number of carbonyl (C=O) groups is 1. The van der Waals surface area contributed by atoms with Gasteiger partial charge in [0, 0.05) is 42.9 Å². The molecule has 0 aliphatic carbocycles. The number of ether oxygens (including phenoxy) is 2. The number of carbonyl (C=O) groups excluding carboxylic acids is 1. The van der Waals surface area contributed by atoms with Crippen molar-refractivity contribution in [3.8, 4) is 22.9 Å². The van der Waals surface area contributed by atoms with Gasteiger partial charge in [0.25, 0.3) is 0 Å². The summed E-state index contributed by atoms with van der Waals surface area (Å²) < 4.78 is 32.0. The standard InChI is InChI=1S/C37H40FN7O4/c1-23-17-24(2)34(25(3)18-23)48-37(46)45(21-27-8-10-29(11-9-27)35-40-26(4)49-43-35)33-14-15-39-36(42-33)41-30-12-13-32(31(38)19-30)47-22-28-7-6-16-44(5)20-28/h8-15,17-19,28H,6-7,16,20-22H2,1-5H3,(H,39,41,42). The second-order valence-corrected chi connectivity index (χ2v) is 12.6. The predicted octanol–water partition coefficient (Wildman–Crippen LogP) is 7.57. The molecule has 0 radical (unpaired) electrons. The fraction of sp³-hybridized carbons (Fsp3) is 0.324. The first-order valence-corrected chi connectivity index (χ1v) is 16.3. The minimum absolute atomic E-state index is 0.141. The summed E-state index contributed by atoms with van der Waals surface area (Å²) in [5, 5.41) is 7.04. The fourth-order valence-electron chi connectivity index (χ4n) is 6.07. The van der Waals surface area contributed by atoms with Crippen LogP contribution in [0.1, 0.15) is 41.0 Å². The fourth-order valence-corrected chi connectivity index (χ4v) is 6.07. The first kappa shape index (κ1) is 33.5. The third-order valence-corrected chi connectivity index (χ3v) is 8.40. The van der Waals surface area contributed by atoms with Crippen molar-refractivity contribution in [2.75, 3.05) is 37.0 Å². The lowest BCUT2D eigenvalue weighted by Gasteiger charge is -2.29. The molecule has 1 N–H and O–H groups in total. The number of amides is 1. The maximum absolute atomic E-state index is 15.1. The SMILES string of the molecule is Cc1cc(C)c(OC(=O)N(Cc2ccc(-c3noc(C)n3)cc2)c2ccnc(Nc3ccc(OCC4CCCN(C)C4)c(F)c3)n2)c(C)c1. The molecular formula is C37H40FN7O4. The summed E-state index contributed by atoms with van der Waals surface area (Å²) in [6.45, 7) is 10.2. The minimum atomic E-state index is -0.616. The second kappa shape index (κ2) is 14.8. The molecule has 11 nitrogen and oxygen atoms in total. The van der Waals surface area contributed by atoms with Crippen molar-refractivity contribution in [2.24, 2.45) is 5.92 Å². The van der Waals surface area contributed by atoms with Gasteiger partial charge < -0.3 is 24.2 Å². The first-order valence-electron chi connectivity index (χ1n) is 16.3. The highest BCUT2D eigenvalue weighted by molar-refractivity contribution is 5.88. The van der Waals surface area contributed by atoms with Crippen molar-refractivity contribution in [1.82, 2.24) is 25.0 Å². The van der Waals surface area contributed by atoms with Crippen LogP contribution in [0, 0.1) is 39.4 Å². The maximum Gasteiger partial charge on any atom is 0.421 e. The van der Waals surface area contributed by atoms with Gasteiger partial charge in [-0.05, 0) is 82.1 Å². The average molecular weight is 666 g/mol. The van der Waals surface area contributed by atoms with E-state index in [9.17, 15) is 4.79 Å². The van der Waals surface area contributed by atoms with Crippen molar-refractivity contribution in [3.05, 3.63) is 101 Å². The molecule has 1 aliphatic rings. The van der Waals surface area contributed by atoms with E-state index < -0.39 is 11.9 Å². The van der Waals surface area contributed by atoms with E-state index in [-0.39, 0.29) is 18.2 Å². The molecule has 1 amide bonds. The van der Waals surface area contributed by atoms with E-state index in [1.165, 1.54) is 17.2 Å². The monoisotopic (exact) mass is 665 g/mol. The number of aromatic nitrogens is 4. The summed E-state index contributed by atoms with van der Waals surface area (Å²) in [7, 11) is 2.09. The molecule has 1 saturated heterocycles. The normalized spacial score (nSPS) is 14.8. The van der Waals surface area contributed by atoms with E-state index >= 15 is 4.39 Å². The third-order valence-electron chi connectivity index (χ3n) is 8.40. The number of aryl methyl sites for hydroxylation is 4. The van der Waals surface area contributed by atoms with Gasteiger partial charge in [0.1, 0.15) is 11.6 Å². The molecule has 3 heterocycles. The van der Waals surface area contributed by atoms with Crippen LogP contribution in [0.2, 0.25) is 0 Å². The summed E-state index contributed by atoms with van der Waals surface area (Å²) in [5.74, 6) is 1.99. The Bertz CT molecular complexity index is 1910. The van der Waals surface area contributed by atoms with Crippen LogP contribution in [0.25, 0.3) is 11.4 Å². The Kier molecular flexibility index (Phi) is 10.1. The number of piperidine rings is 1. The summed E-state index contributed by atoms with van der Waals surface area (Å²) in [6.07, 6.45) is 3.10. The number of benzene rings is 3. The number of rotatable bonds is 10. The largest absolute Gasteiger partial charge is 0.490 e.